The number of benzene rings is 3. The van der Waals surface area contributed by atoms with Gasteiger partial charge in [-0.1, -0.05) is 54.9 Å². The minimum absolute atomic E-state index is 0.198. The van der Waals surface area contributed by atoms with E-state index in [1.165, 1.54) is 30.0 Å². The second-order valence-corrected chi connectivity index (χ2v) is 11.7. The van der Waals surface area contributed by atoms with Crippen LogP contribution in [0.15, 0.2) is 66.0 Å². The molecule has 38 heavy (non-hydrogen) atoms. The van der Waals surface area contributed by atoms with E-state index < -0.39 is 16.8 Å². The van der Waals surface area contributed by atoms with Gasteiger partial charge < -0.3 is 9.84 Å². The molecule has 1 aromatic heterocycles. The number of hydrogen-bond acceptors (Lipinski definition) is 4. The van der Waals surface area contributed by atoms with Gasteiger partial charge in [0.25, 0.3) is 0 Å². The van der Waals surface area contributed by atoms with E-state index in [-0.39, 0.29) is 16.6 Å². The van der Waals surface area contributed by atoms with Gasteiger partial charge in [0.15, 0.2) is 5.16 Å². The van der Waals surface area contributed by atoms with E-state index in [1.807, 2.05) is 30.5 Å². The molecule has 0 bridgehead atoms. The van der Waals surface area contributed by atoms with Crippen molar-refractivity contribution >= 4 is 35.0 Å². The first-order chi connectivity index (χ1) is 17.8. The van der Waals surface area contributed by atoms with Gasteiger partial charge in [-0.25, -0.2) is 13.8 Å². The fourth-order valence-electron chi connectivity index (χ4n) is 4.14. The fourth-order valence-corrected chi connectivity index (χ4v) is 5.72. The minimum atomic E-state index is -1.22. The Kier molecular flexibility index (Phi) is 8.15. The average Bonchev–Trinajstić information content (AvgIpc) is 3.28. The van der Waals surface area contributed by atoms with Gasteiger partial charge in [0.1, 0.15) is 17.4 Å². The maximum Gasteiger partial charge on any atom is 0.173 e. The molecule has 1 N–H and O–H groups in total. The van der Waals surface area contributed by atoms with Gasteiger partial charge in [-0.15, -0.1) is 0 Å². The summed E-state index contributed by atoms with van der Waals surface area (Å²) in [4.78, 5) is 4.67. The highest BCUT2D eigenvalue weighted by Gasteiger charge is 2.30. The number of halogens is 4. The lowest BCUT2D eigenvalue weighted by Crippen LogP contribution is -2.23. The van der Waals surface area contributed by atoms with Crippen LogP contribution in [0.4, 0.5) is 8.78 Å². The normalized spacial score (nSPS) is 12.2. The molecule has 0 saturated carbocycles. The van der Waals surface area contributed by atoms with Gasteiger partial charge in [-0.2, -0.15) is 0 Å². The number of aromatic nitrogens is 2. The Morgan fingerprint density at radius 3 is 2.24 bits per heavy atom. The molecule has 0 spiro atoms. The molecule has 0 aliphatic rings. The van der Waals surface area contributed by atoms with Crippen LogP contribution in [-0.2, 0) is 16.8 Å². The summed E-state index contributed by atoms with van der Waals surface area (Å²) in [6.45, 7) is 7.25. The van der Waals surface area contributed by atoms with Crippen LogP contribution in [0.1, 0.15) is 50.1 Å². The average molecular weight is 578 g/mol. The molecule has 0 amide bonds. The number of rotatable bonds is 8. The van der Waals surface area contributed by atoms with Crippen LogP contribution < -0.4 is 4.74 Å². The molecule has 4 rings (SSSR count). The summed E-state index contributed by atoms with van der Waals surface area (Å²) in [5.74, 6) is -0.105. The van der Waals surface area contributed by atoms with Gasteiger partial charge in [0.05, 0.1) is 29.6 Å². The zero-order chi connectivity index (χ0) is 27.8. The molecular formula is C29H28Cl2F2N2O2S. The van der Waals surface area contributed by atoms with E-state index in [0.29, 0.717) is 32.7 Å². The molecule has 0 unspecified atom stereocenters. The summed E-state index contributed by atoms with van der Waals surface area (Å²) < 4.78 is 36.2. The summed E-state index contributed by atoms with van der Waals surface area (Å²) in [5.41, 5.74) is 1.40. The van der Waals surface area contributed by atoms with Crippen LogP contribution in [-0.4, -0.2) is 21.8 Å². The Hall–Kier alpha value is -2.58. The van der Waals surface area contributed by atoms with E-state index in [0.717, 1.165) is 11.3 Å². The zero-order valence-electron chi connectivity index (χ0n) is 21.7. The molecule has 1 heterocycles. The lowest BCUT2D eigenvalue weighted by atomic mass is 9.81. The molecule has 0 atom stereocenters. The summed E-state index contributed by atoms with van der Waals surface area (Å²) >= 11 is 14.0. The maximum absolute atomic E-state index is 15.0. The molecule has 3 aromatic carbocycles. The molecule has 4 aromatic rings. The van der Waals surface area contributed by atoms with Gasteiger partial charge in [0, 0.05) is 27.4 Å². The van der Waals surface area contributed by atoms with Gasteiger partial charge >= 0.3 is 0 Å². The van der Waals surface area contributed by atoms with E-state index in [1.54, 1.807) is 51.4 Å². The van der Waals surface area contributed by atoms with Gasteiger partial charge in [-0.05, 0) is 73.5 Å². The third-order valence-corrected chi connectivity index (χ3v) is 8.15. The molecule has 0 saturated heterocycles. The fraction of sp³-hybridized carbons (Fsp3) is 0.276. The van der Waals surface area contributed by atoms with Crippen LogP contribution in [0.5, 0.6) is 5.75 Å². The summed E-state index contributed by atoms with van der Waals surface area (Å²) in [7, 11) is 1.56. The Morgan fingerprint density at radius 1 is 0.947 bits per heavy atom. The van der Waals surface area contributed by atoms with Crippen molar-refractivity contribution in [3.8, 4) is 11.4 Å². The quantitative estimate of drug-likeness (QED) is 0.214. The molecular weight excluding hydrogens is 549 g/mol. The number of hydrogen-bond donors (Lipinski definition) is 1. The molecule has 0 aliphatic heterocycles. The van der Waals surface area contributed by atoms with Crippen LogP contribution >= 0.6 is 35.0 Å². The first-order valence-corrected chi connectivity index (χ1v) is 13.6. The lowest BCUT2D eigenvalue weighted by molar-refractivity contribution is 0.0782. The number of thioether (sulfide) groups is 1. The summed E-state index contributed by atoms with van der Waals surface area (Å²) in [5, 5.41) is 11.6. The number of aliphatic hydroxyl groups is 1. The smallest absolute Gasteiger partial charge is 0.173 e. The molecule has 9 heteroatoms. The Balaban J connectivity index is 1.77. The van der Waals surface area contributed by atoms with Crippen molar-refractivity contribution in [1.29, 1.82) is 0 Å². The molecule has 4 nitrogen and oxygen atoms in total. The van der Waals surface area contributed by atoms with Crippen molar-refractivity contribution in [2.75, 3.05) is 7.11 Å². The van der Waals surface area contributed by atoms with Crippen LogP contribution in [0.25, 0.3) is 5.69 Å². The number of ether oxygens (including phenoxy) is 1. The van der Waals surface area contributed by atoms with E-state index in [2.05, 4.69) is 4.98 Å². The molecule has 0 aliphatic carbocycles. The number of nitrogens with zero attached hydrogens (tertiary/aromatic N) is 2. The van der Waals surface area contributed by atoms with Crippen molar-refractivity contribution in [2.45, 2.75) is 49.6 Å². The SMILES string of the molecule is COc1cc(C(C)(C)c2cnc(SCc3c(F)cc(C(C)(C)O)cc3Cl)n2-c2ccc(F)cc2)ccc1Cl. The van der Waals surface area contributed by atoms with E-state index in [9.17, 15) is 9.50 Å². The third kappa shape index (κ3) is 5.71. The Labute approximate surface area is 235 Å². The Bertz CT molecular complexity index is 1440. The highest BCUT2D eigenvalue weighted by molar-refractivity contribution is 7.98. The molecule has 0 fully saturated rings. The van der Waals surface area contributed by atoms with Crippen molar-refractivity contribution in [3.05, 3.63) is 105 Å². The Morgan fingerprint density at radius 2 is 1.63 bits per heavy atom. The van der Waals surface area contributed by atoms with Crippen LogP contribution in [0.2, 0.25) is 10.0 Å². The second-order valence-electron chi connectivity index (χ2n) is 9.98. The van der Waals surface area contributed by atoms with Crippen molar-refractivity contribution < 1.29 is 18.6 Å². The number of methoxy groups -OCH3 is 1. The molecule has 0 radical (unpaired) electrons. The van der Waals surface area contributed by atoms with E-state index >= 15 is 4.39 Å². The first-order valence-electron chi connectivity index (χ1n) is 11.8. The van der Waals surface area contributed by atoms with Crippen molar-refractivity contribution in [2.24, 2.45) is 0 Å². The van der Waals surface area contributed by atoms with Crippen molar-refractivity contribution in [3.63, 3.8) is 0 Å². The first kappa shape index (κ1) is 28.4. The zero-order valence-corrected chi connectivity index (χ0v) is 24.0. The largest absolute Gasteiger partial charge is 0.495 e. The molecule has 200 valence electrons. The topological polar surface area (TPSA) is 47.3 Å². The summed E-state index contributed by atoms with van der Waals surface area (Å²) in [6.07, 6.45) is 1.77. The second kappa shape index (κ2) is 10.9. The van der Waals surface area contributed by atoms with Crippen LogP contribution in [0.3, 0.4) is 0 Å². The third-order valence-electron chi connectivity index (χ3n) is 6.52. The lowest BCUT2D eigenvalue weighted by Gasteiger charge is -2.28. The van der Waals surface area contributed by atoms with Gasteiger partial charge in [-0.3, -0.25) is 4.57 Å². The highest BCUT2D eigenvalue weighted by Crippen LogP contribution is 2.40. The predicted octanol–water partition coefficient (Wildman–Crippen LogP) is 8.31. The summed E-state index contributed by atoms with van der Waals surface area (Å²) in [6, 6.07) is 14.6. The standard InChI is InChI=1S/C29H28Cl2F2N2O2S/c1-28(2,17-6-11-22(30)25(14-17)37-5)26-15-34-27(35(26)20-9-7-19(32)8-10-20)38-16-21-23(31)12-18(13-24(21)33)29(3,4)36/h6-15,36H,16H2,1-5H3. The van der Waals surface area contributed by atoms with Gasteiger partial charge in [0.2, 0.25) is 0 Å². The monoisotopic (exact) mass is 576 g/mol. The van der Waals surface area contributed by atoms with E-state index in [4.69, 9.17) is 27.9 Å². The maximum atomic E-state index is 15.0. The number of imidazole rings is 1. The van der Waals surface area contributed by atoms with Crippen molar-refractivity contribution in [1.82, 2.24) is 9.55 Å². The minimum Gasteiger partial charge on any atom is -0.495 e. The van der Waals surface area contributed by atoms with Crippen LogP contribution in [0, 0.1) is 11.6 Å². The predicted molar refractivity (Wildman–Crippen MR) is 150 cm³/mol. The highest BCUT2D eigenvalue weighted by atomic mass is 35.5.